The van der Waals surface area contributed by atoms with Crippen LogP contribution >= 0.6 is 11.3 Å². The number of amides is 1. The molecule has 3 rings (SSSR count). The Morgan fingerprint density at radius 3 is 2.77 bits per heavy atom. The van der Waals surface area contributed by atoms with E-state index in [0.29, 0.717) is 10.2 Å². The van der Waals surface area contributed by atoms with Crippen molar-refractivity contribution in [2.75, 3.05) is 0 Å². The van der Waals surface area contributed by atoms with Gasteiger partial charge in [0.2, 0.25) is 5.91 Å². The summed E-state index contributed by atoms with van der Waals surface area (Å²) in [6.07, 6.45) is 1.81. The molecular formula is C19H21N3O3S. The molecular weight excluding hydrogens is 350 g/mol. The molecule has 0 aliphatic rings. The first-order valence-electron chi connectivity index (χ1n) is 8.58. The highest BCUT2D eigenvalue weighted by atomic mass is 32.1. The number of hydrogen-bond donors (Lipinski definition) is 2. The Balaban J connectivity index is 1.54. The summed E-state index contributed by atoms with van der Waals surface area (Å²) in [5, 5.41) is 4.68. The van der Waals surface area contributed by atoms with E-state index in [0.717, 1.165) is 17.4 Å². The Morgan fingerprint density at radius 2 is 2.00 bits per heavy atom. The second-order valence-electron chi connectivity index (χ2n) is 6.29. The van der Waals surface area contributed by atoms with Crippen LogP contribution in [0, 0.1) is 0 Å². The normalized spacial score (nSPS) is 12.2. The Bertz CT molecular complexity index is 1000. The van der Waals surface area contributed by atoms with Gasteiger partial charge in [0.15, 0.2) is 0 Å². The first-order chi connectivity index (χ1) is 12.5. The van der Waals surface area contributed by atoms with Gasteiger partial charge in [-0.1, -0.05) is 30.3 Å². The molecule has 2 aromatic heterocycles. The molecule has 0 saturated heterocycles. The van der Waals surface area contributed by atoms with E-state index in [1.54, 1.807) is 11.4 Å². The molecule has 26 heavy (non-hydrogen) atoms. The molecule has 2 N–H and O–H groups in total. The third-order valence-corrected chi connectivity index (χ3v) is 5.17. The third kappa shape index (κ3) is 4.29. The van der Waals surface area contributed by atoms with Crippen LogP contribution in [-0.2, 0) is 17.8 Å². The molecule has 7 heteroatoms. The maximum Gasteiger partial charge on any atom is 0.328 e. The SMILES string of the molecule is C[C@@H](CCc1ccccc1)NC(=O)CCn1c(=O)[nH]c2ccsc2c1=O. The van der Waals surface area contributed by atoms with Crippen molar-refractivity contribution in [2.24, 2.45) is 0 Å². The van der Waals surface area contributed by atoms with E-state index in [2.05, 4.69) is 22.4 Å². The van der Waals surface area contributed by atoms with Crippen LogP contribution in [0.15, 0.2) is 51.4 Å². The number of fused-ring (bicyclic) bond motifs is 1. The predicted octanol–water partition coefficient (Wildman–Crippen LogP) is 2.28. The van der Waals surface area contributed by atoms with E-state index in [4.69, 9.17) is 0 Å². The van der Waals surface area contributed by atoms with Gasteiger partial charge in [0, 0.05) is 19.0 Å². The average molecular weight is 371 g/mol. The second-order valence-corrected chi connectivity index (χ2v) is 7.21. The number of aryl methyl sites for hydroxylation is 1. The van der Waals surface area contributed by atoms with Crippen molar-refractivity contribution in [3.05, 3.63) is 68.2 Å². The topological polar surface area (TPSA) is 84.0 Å². The van der Waals surface area contributed by atoms with E-state index < -0.39 is 5.69 Å². The van der Waals surface area contributed by atoms with Crippen molar-refractivity contribution < 1.29 is 4.79 Å². The van der Waals surface area contributed by atoms with Gasteiger partial charge in [0.05, 0.1) is 5.52 Å². The number of hydrogen-bond acceptors (Lipinski definition) is 4. The number of aromatic amines is 1. The minimum atomic E-state index is -0.481. The Morgan fingerprint density at radius 1 is 1.23 bits per heavy atom. The van der Waals surface area contributed by atoms with Crippen molar-refractivity contribution in [3.8, 4) is 0 Å². The summed E-state index contributed by atoms with van der Waals surface area (Å²) < 4.78 is 1.59. The molecule has 1 atom stereocenters. The first kappa shape index (κ1) is 18.1. The van der Waals surface area contributed by atoms with Gasteiger partial charge in [0.25, 0.3) is 5.56 Å². The van der Waals surface area contributed by atoms with Gasteiger partial charge in [-0.2, -0.15) is 0 Å². The molecule has 1 amide bonds. The molecule has 0 spiro atoms. The number of carbonyl (C=O) groups excluding carboxylic acids is 1. The molecule has 136 valence electrons. The number of thiophene rings is 1. The van der Waals surface area contributed by atoms with Gasteiger partial charge in [-0.15, -0.1) is 11.3 Å². The van der Waals surface area contributed by atoms with Crippen LogP contribution in [-0.4, -0.2) is 21.5 Å². The maximum atomic E-state index is 12.3. The molecule has 6 nitrogen and oxygen atoms in total. The number of H-pyrrole nitrogens is 1. The van der Waals surface area contributed by atoms with Crippen LogP contribution in [0.3, 0.4) is 0 Å². The fourth-order valence-electron chi connectivity index (χ4n) is 2.83. The molecule has 0 radical (unpaired) electrons. The molecule has 0 aliphatic heterocycles. The quantitative estimate of drug-likeness (QED) is 0.668. The standard InChI is InChI=1S/C19H21N3O3S/c1-13(7-8-14-5-3-2-4-6-14)20-16(23)9-11-22-18(24)17-15(10-12-26-17)21-19(22)25/h2-6,10,12-13H,7-9,11H2,1H3,(H,20,23)(H,21,25)/t13-/m0/s1. The lowest BCUT2D eigenvalue weighted by Crippen LogP contribution is -2.38. The number of nitrogens with one attached hydrogen (secondary N) is 2. The number of rotatable bonds is 7. The van der Waals surface area contributed by atoms with Crippen LogP contribution in [0.1, 0.15) is 25.3 Å². The van der Waals surface area contributed by atoms with Crippen molar-refractivity contribution in [1.29, 1.82) is 0 Å². The summed E-state index contributed by atoms with van der Waals surface area (Å²) in [5.41, 5.74) is 0.950. The largest absolute Gasteiger partial charge is 0.354 e. The molecule has 3 aromatic rings. The first-order valence-corrected chi connectivity index (χ1v) is 9.46. The van der Waals surface area contributed by atoms with Gasteiger partial charge < -0.3 is 10.3 Å². The fourth-order valence-corrected chi connectivity index (χ4v) is 3.63. The fraction of sp³-hybridized carbons (Fsp3) is 0.316. The molecule has 0 aliphatic carbocycles. The van der Waals surface area contributed by atoms with Crippen molar-refractivity contribution in [1.82, 2.24) is 14.9 Å². The van der Waals surface area contributed by atoms with Gasteiger partial charge in [-0.3, -0.25) is 14.2 Å². The summed E-state index contributed by atoms with van der Waals surface area (Å²) in [4.78, 5) is 39.2. The van der Waals surface area contributed by atoms with Gasteiger partial charge in [0.1, 0.15) is 4.70 Å². The summed E-state index contributed by atoms with van der Waals surface area (Å²) in [7, 11) is 0. The highest BCUT2D eigenvalue weighted by Crippen LogP contribution is 2.12. The van der Waals surface area contributed by atoms with Gasteiger partial charge in [-0.05, 0) is 36.8 Å². The van der Waals surface area contributed by atoms with Crippen LogP contribution in [0.2, 0.25) is 0 Å². The lowest BCUT2D eigenvalue weighted by molar-refractivity contribution is -0.121. The summed E-state index contributed by atoms with van der Waals surface area (Å²) in [6.45, 7) is 2.02. The van der Waals surface area contributed by atoms with Crippen molar-refractivity contribution in [3.63, 3.8) is 0 Å². The third-order valence-electron chi connectivity index (χ3n) is 4.27. The lowest BCUT2D eigenvalue weighted by atomic mass is 10.1. The van der Waals surface area contributed by atoms with E-state index in [9.17, 15) is 14.4 Å². The molecule has 2 heterocycles. The van der Waals surface area contributed by atoms with Crippen LogP contribution < -0.4 is 16.6 Å². The lowest BCUT2D eigenvalue weighted by Gasteiger charge is -2.14. The van der Waals surface area contributed by atoms with E-state index in [1.807, 2.05) is 25.1 Å². The minimum Gasteiger partial charge on any atom is -0.354 e. The summed E-state index contributed by atoms with van der Waals surface area (Å²) in [5.74, 6) is -0.164. The smallest absolute Gasteiger partial charge is 0.328 e. The number of benzene rings is 1. The zero-order valence-electron chi connectivity index (χ0n) is 14.5. The van der Waals surface area contributed by atoms with Gasteiger partial charge in [-0.25, -0.2) is 4.79 Å². The molecule has 0 saturated carbocycles. The van der Waals surface area contributed by atoms with Crippen molar-refractivity contribution >= 4 is 27.5 Å². The van der Waals surface area contributed by atoms with Crippen LogP contribution in [0.5, 0.6) is 0 Å². The van der Waals surface area contributed by atoms with Crippen LogP contribution in [0.4, 0.5) is 0 Å². The Kier molecular flexibility index (Phi) is 5.68. The van der Waals surface area contributed by atoms with Gasteiger partial charge >= 0.3 is 5.69 Å². The summed E-state index contributed by atoms with van der Waals surface area (Å²) >= 11 is 1.28. The Hall–Kier alpha value is -2.67. The highest BCUT2D eigenvalue weighted by Gasteiger charge is 2.12. The number of nitrogens with zero attached hydrogens (tertiary/aromatic N) is 1. The second kappa shape index (κ2) is 8.14. The van der Waals surface area contributed by atoms with E-state index in [-0.39, 0.29) is 30.5 Å². The van der Waals surface area contributed by atoms with E-state index >= 15 is 0 Å². The molecule has 0 fully saturated rings. The highest BCUT2D eigenvalue weighted by molar-refractivity contribution is 7.17. The number of aromatic nitrogens is 2. The Labute approximate surface area is 154 Å². The zero-order chi connectivity index (χ0) is 18.5. The summed E-state index contributed by atoms with van der Waals surface area (Å²) in [6, 6.07) is 11.8. The molecule has 0 bridgehead atoms. The predicted molar refractivity (Wildman–Crippen MR) is 104 cm³/mol. The van der Waals surface area contributed by atoms with Crippen molar-refractivity contribution in [2.45, 2.75) is 38.8 Å². The van der Waals surface area contributed by atoms with E-state index in [1.165, 1.54) is 16.9 Å². The van der Waals surface area contributed by atoms with Crippen LogP contribution in [0.25, 0.3) is 10.2 Å². The molecule has 0 unspecified atom stereocenters. The monoisotopic (exact) mass is 371 g/mol. The average Bonchev–Trinajstić information content (AvgIpc) is 3.09. The number of carbonyl (C=O) groups is 1. The minimum absolute atomic E-state index is 0.0255. The zero-order valence-corrected chi connectivity index (χ0v) is 15.3. The maximum absolute atomic E-state index is 12.3. The molecule has 1 aromatic carbocycles.